The molecule has 0 fully saturated rings. The average Bonchev–Trinajstić information content (AvgIpc) is 2.66. The van der Waals surface area contributed by atoms with Gasteiger partial charge in [-0.2, -0.15) is 4.72 Å². The monoisotopic (exact) mass is 388 g/mol. The van der Waals surface area contributed by atoms with Crippen LogP contribution in [-0.2, 0) is 27.8 Å². The molecule has 0 saturated heterocycles. The van der Waals surface area contributed by atoms with Crippen LogP contribution < -0.4 is 9.46 Å². The van der Waals surface area contributed by atoms with E-state index in [0.717, 1.165) is 12.0 Å². The molecule has 0 saturated carbocycles. The highest BCUT2D eigenvalue weighted by molar-refractivity contribution is 7.89. The Bertz CT molecular complexity index is 956. The van der Waals surface area contributed by atoms with E-state index in [2.05, 4.69) is 10.8 Å². The molecule has 144 valence electrons. The largest absolute Gasteiger partial charge is 0.496 e. The average molecular weight is 388 g/mol. The fraction of sp³-hybridized carbons (Fsp3) is 0.350. The van der Waals surface area contributed by atoms with Gasteiger partial charge in [0.05, 0.1) is 18.0 Å². The number of aryl methyl sites for hydroxylation is 1. The van der Waals surface area contributed by atoms with Gasteiger partial charge in [-0.1, -0.05) is 24.3 Å². The van der Waals surface area contributed by atoms with Gasteiger partial charge in [-0.15, -0.1) is 0 Å². The van der Waals surface area contributed by atoms with Crippen molar-refractivity contribution in [1.29, 1.82) is 0 Å². The van der Waals surface area contributed by atoms with Gasteiger partial charge in [-0.3, -0.25) is 4.79 Å². The number of amides is 1. The van der Waals surface area contributed by atoms with Crippen molar-refractivity contribution in [3.8, 4) is 5.75 Å². The molecular formula is C20H24N2O4S. The van der Waals surface area contributed by atoms with Gasteiger partial charge in [-0.25, -0.2) is 8.42 Å². The molecule has 2 aromatic carbocycles. The number of hydrogen-bond donors (Lipinski definition) is 1. The highest BCUT2D eigenvalue weighted by Gasteiger charge is 2.28. The zero-order valence-electron chi connectivity index (χ0n) is 15.7. The molecule has 2 aromatic rings. The molecule has 0 bridgehead atoms. The van der Waals surface area contributed by atoms with E-state index in [9.17, 15) is 13.2 Å². The second kappa shape index (κ2) is 7.70. The van der Waals surface area contributed by atoms with Crippen molar-refractivity contribution in [1.82, 2.24) is 9.62 Å². The first kappa shape index (κ1) is 19.4. The Morgan fingerprint density at radius 3 is 2.56 bits per heavy atom. The quantitative estimate of drug-likeness (QED) is 0.852. The van der Waals surface area contributed by atoms with Crippen LogP contribution in [0.25, 0.3) is 0 Å². The van der Waals surface area contributed by atoms with E-state index < -0.39 is 16.1 Å². The number of ether oxygens (including phenoxy) is 1. The van der Waals surface area contributed by atoms with Gasteiger partial charge in [0.25, 0.3) is 0 Å². The Kier molecular flexibility index (Phi) is 5.53. The van der Waals surface area contributed by atoms with Gasteiger partial charge in [0.1, 0.15) is 5.75 Å². The standard InChI is InChI=1S/C20H24N2O4S/c1-14-12-18(8-9-19(14)26-3)27(24,25)21-15(2)20(23)22-11-10-16-6-4-5-7-17(16)13-22/h4-9,12,15,21H,10-11,13H2,1-3H3/t15-/m1/s1. The number of benzene rings is 2. The maximum Gasteiger partial charge on any atom is 0.241 e. The topological polar surface area (TPSA) is 75.7 Å². The first-order valence-electron chi connectivity index (χ1n) is 8.84. The summed E-state index contributed by atoms with van der Waals surface area (Å²) in [6.07, 6.45) is 0.777. The first-order chi connectivity index (χ1) is 12.8. The number of nitrogens with one attached hydrogen (secondary N) is 1. The third-order valence-electron chi connectivity index (χ3n) is 4.82. The van der Waals surface area contributed by atoms with Crippen LogP contribution in [0, 0.1) is 6.92 Å². The molecule has 7 heteroatoms. The first-order valence-corrected chi connectivity index (χ1v) is 10.3. The molecule has 1 heterocycles. The van der Waals surface area contributed by atoms with Gasteiger partial charge in [0, 0.05) is 13.1 Å². The normalized spacial score (nSPS) is 15.1. The van der Waals surface area contributed by atoms with Crippen LogP contribution in [0.2, 0.25) is 0 Å². The van der Waals surface area contributed by atoms with E-state index in [-0.39, 0.29) is 10.8 Å². The van der Waals surface area contributed by atoms with Gasteiger partial charge in [-0.05, 0) is 55.2 Å². The number of carbonyl (C=O) groups excluding carboxylic acids is 1. The lowest BCUT2D eigenvalue weighted by Gasteiger charge is -2.31. The van der Waals surface area contributed by atoms with Crippen molar-refractivity contribution in [2.45, 2.75) is 37.8 Å². The molecule has 27 heavy (non-hydrogen) atoms. The lowest BCUT2D eigenvalue weighted by Crippen LogP contribution is -2.48. The van der Waals surface area contributed by atoms with Crippen LogP contribution in [0.1, 0.15) is 23.6 Å². The van der Waals surface area contributed by atoms with Gasteiger partial charge >= 0.3 is 0 Å². The predicted octanol–water partition coefficient (Wildman–Crippen LogP) is 2.26. The van der Waals surface area contributed by atoms with Crippen molar-refractivity contribution in [2.24, 2.45) is 0 Å². The summed E-state index contributed by atoms with van der Waals surface area (Å²) in [5.41, 5.74) is 3.06. The van der Waals surface area contributed by atoms with E-state index >= 15 is 0 Å². The van der Waals surface area contributed by atoms with Crippen LogP contribution in [0.15, 0.2) is 47.4 Å². The van der Waals surface area contributed by atoms with Gasteiger partial charge in [0.2, 0.25) is 15.9 Å². The minimum Gasteiger partial charge on any atom is -0.496 e. The predicted molar refractivity (Wildman–Crippen MR) is 103 cm³/mol. The van der Waals surface area contributed by atoms with Gasteiger partial charge in [0.15, 0.2) is 0 Å². The highest BCUT2D eigenvalue weighted by Crippen LogP contribution is 2.22. The van der Waals surface area contributed by atoms with Crippen molar-refractivity contribution in [3.63, 3.8) is 0 Å². The molecule has 1 aliphatic heterocycles. The van der Waals surface area contributed by atoms with Crippen molar-refractivity contribution < 1.29 is 17.9 Å². The molecule has 1 N–H and O–H groups in total. The van der Waals surface area contributed by atoms with Gasteiger partial charge < -0.3 is 9.64 Å². The SMILES string of the molecule is COc1ccc(S(=O)(=O)N[C@H](C)C(=O)N2CCc3ccccc3C2)cc1C. The molecule has 1 amide bonds. The second-order valence-electron chi connectivity index (χ2n) is 6.75. The van der Waals surface area contributed by atoms with E-state index in [4.69, 9.17) is 4.74 Å². The summed E-state index contributed by atoms with van der Waals surface area (Å²) in [6, 6.07) is 11.8. The fourth-order valence-electron chi connectivity index (χ4n) is 3.33. The van der Waals surface area contributed by atoms with Crippen LogP contribution in [-0.4, -0.2) is 38.9 Å². The minimum absolute atomic E-state index is 0.115. The highest BCUT2D eigenvalue weighted by atomic mass is 32.2. The minimum atomic E-state index is -3.80. The molecule has 1 atom stereocenters. The maximum absolute atomic E-state index is 12.8. The molecule has 3 rings (SSSR count). The third-order valence-corrected chi connectivity index (χ3v) is 6.36. The van der Waals surface area contributed by atoms with E-state index in [1.54, 1.807) is 24.8 Å². The molecular weight excluding hydrogens is 364 g/mol. The van der Waals surface area contributed by atoms with E-state index in [1.807, 2.05) is 18.2 Å². The zero-order valence-corrected chi connectivity index (χ0v) is 16.5. The number of methoxy groups -OCH3 is 1. The Labute approximate surface area is 160 Å². The van der Waals surface area contributed by atoms with Crippen LogP contribution in [0.4, 0.5) is 0 Å². The summed E-state index contributed by atoms with van der Waals surface area (Å²) in [7, 11) is -2.27. The number of sulfonamides is 1. The fourth-order valence-corrected chi connectivity index (χ4v) is 4.61. The van der Waals surface area contributed by atoms with Crippen molar-refractivity contribution >= 4 is 15.9 Å². The third kappa shape index (κ3) is 4.14. The molecule has 0 radical (unpaired) electrons. The Morgan fingerprint density at radius 2 is 1.89 bits per heavy atom. The maximum atomic E-state index is 12.8. The lowest BCUT2D eigenvalue weighted by molar-refractivity contribution is -0.133. The summed E-state index contributed by atoms with van der Waals surface area (Å²) >= 11 is 0. The van der Waals surface area contributed by atoms with Crippen molar-refractivity contribution in [2.75, 3.05) is 13.7 Å². The Balaban J connectivity index is 1.71. The summed E-state index contributed by atoms with van der Waals surface area (Å²) < 4.78 is 33.0. The molecule has 1 aliphatic rings. The smallest absolute Gasteiger partial charge is 0.241 e. The number of fused-ring (bicyclic) bond motifs is 1. The Morgan fingerprint density at radius 1 is 1.19 bits per heavy atom. The Hall–Kier alpha value is -2.38. The molecule has 0 aliphatic carbocycles. The van der Waals surface area contributed by atoms with E-state index in [1.165, 1.54) is 24.8 Å². The molecule has 0 aromatic heterocycles. The van der Waals surface area contributed by atoms with Crippen molar-refractivity contribution in [3.05, 3.63) is 59.2 Å². The molecule has 6 nitrogen and oxygen atoms in total. The number of nitrogens with zero attached hydrogens (tertiary/aromatic N) is 1. The summed E-state index contributed by atoms with van der Waals surface area (Å²) in [6.45, 7) is 4.45. The lowest BCUT2D eigenvalue weighted by atomic mass is 9.99. The molecule has 0 unspecified atom stereocenters. The van der Waals surface area contributed by atoms with Crippen LogP contribution in [0.3, 0.4) is 0 Å². The summed E-state index contributed by atoms with van der Waals surface area (Å²) in [4.78, 5) is 14.6. The second-order valence-corrected chi connectivity index (χ2v) is 8.47. The summed E-state index contributed by atoms with van der Waals surface area (Å²) in [5.74, 6) is 0.392. The number of carbonyl (C=O) groups is 1. The van der Waals surface area contributed by atoms with Crippen LogP contribution in [0.5, 0.6) is 5.75 Å². The number of rotatable bonds is 5. The zero-order chi connectivity index (χ0) is 19.6. The summed E-state index contributed by atoms with van der Waals surface area (Å²) in [5, 5.41) is 0. The van der Waals surface area contributed by atoms with E-state index in [0.29, 0.717) is 24.4 Å². The number of hydrogen-bond acceptors (Lipinski definition) is 4. The molecule has 0 spiro atoms. The van der Waals surface area contributed by atoms with Crippen LogP contribution >= 0.6 is 0 Å².